The van der Waals surface area contributed by atoms with Gasteiger partial charge in [0.1, 0.15) is 0 Å². The average molecular weight is 310 g/mol. The molecular formula is C13H21F3N2O3. The summed E-state index contributed by atoms with van der Waals surface area (Å²) < 4.78 is 40.7. The molecule has 0 aromatic rings. The Bertz CT molecular complexity index is 353. The van der Waals surface area contributed by atoms with Crippen molar-refractivity contribution in [2.45, 2.75) is 44.8 Å². The minimum absolute atomic E-state index is 0.0872. The van der Waals surface area contributed by atoms with Crippen LogP contribution >= 0.6 is 0 Å². The molecule has 21 heavy (non-hydrogen) atoms. The molecule has 0 heterocycles. The first-order valence-electron chi connectivity index (χ1n) is 7.05. The van der Waals surface area contributed by atoms with Gasteiger partial charge in [0.25, 0.3) is 0 Å². The number of esters is 1. The number of amides is 1. The second-order valence-electron chi connectivity index (χ2n) is 5.09. The van der Waals surface area contributed by atoms with Crippen LogP contribution in [0.5, 0.6) is 0 Å². The Morgan fingerprint density at radius 2 is 1.81 bits per heavy atom. The molecular weight excluding hydrogens is 289 g/mol. The molecule has 0 atom stereocenters. The third kappa shape index (κ3) is 7.31. The highest BCUT2D eigenvalue weighted by Crippen LogP contribution is 2.25. The molecule has 2 N–H and O–H groups in total. The lowest BCUT2D eigenvalue weighted by Gasteiger charge is -2.27. The summed E-state index contributed by atoms with van der Waals surface area (Å²) in [4.78, 5) is 23.0. The van der Waals surface area contributed by atoms with Crippen molar-refractivity contribution < 1.29 is 27.5 Å². The fraction of sp³-hybridized carbons (Fsp3) is 0.846. The maximum Gasteiger partial charge on any atom is 0.401 e. The van der Waals surface area contributed by atoms with Crippen LogP contribution in [0.25, 0.3) is 0 Å². The Balaban J connectivity index is 2.20. The van der Waals surface area contributed by atoms with Crippen molar-refractivity contribution >= 4 is 11.9 Å². The molecule has 0 bridgehead atoms. The van der Waals surface area contributed by atoms with Gasteiger partial charge in [0.15, 0.2) is 0 Å². The van der Waals surface area contributed by atoms with Gasteiger partial charge < -0.3 is 15.4 Å². The monoisotopic (exact) mass is 310 g/mol. The van der Waals surface area contributed by atoms with Crippen molar-refractivity contribution in [2.75, 3.05) is 19.7 Å². The molecule has 1 saturated carbocycles. The highest BCUT2D eigenvalue weighted by molar-refractivity contribution is 5.78. The predicted octanol–water partition coefficient (Wildman–Crippen LogP) is 1.38. The van der Waals surface area contributed by atoms with E-state index in [9.17, 15) is 22.8 Å². The Kier molecular flexibility index (Phi) is 6.94. The number of rotatable bonds is 6. The van der Waals surface area contributed by atoms with Crippen molar-refractivity contribution in [2.24, 2.45) is 5.92 Å². The fourth-order valence-electron chi connectivity index (χ4n) is 2.33. The van der Waals surface area contributed by atoms with E-state index in [1.807, 2.05) is 5.32 Å². The predicted molar refractivity (Wildman–Crippen MR) is 69.4 cm³/mol. The van der Waals surface area contributed by atoms with Crippen LogP contribution in [0.4, 0.5) is 13.2 Å². The Morgan fingerprint density at radius 3 is 2.33 bits per heavy atom. The number of halogens is 3. The molecule has 0 saturated heterocycles. The number of hydrogen-bond donors (Lipinski definition) is 2. The smallest absolute Gasteiger partial charge is 0.401 e. The fourth-order valence-corrected chi connectivity index (χ4v) is 2.33. The molecule has 0 aromatic heterocycles. The lowest BCUT2D eigenvalue weighted by Crippen LogP contribution is -2.44. The summed E-state index contributed by atoms with van der Waals surface area (Å²) in [6.07, 6.45) is -1.81. The number of ether oxygens (including phenoxy) is 1. The van der Waals surface area contributed by atoms with E-state index >= 15 is 0 Å². The van der Waals surface area contributed by atoms with Gasteiger partial charge in [0.05, 0.1) is 25.6 Å². The number of carbonyl (C=O) groups excluding carboxylic acids is 2. The van der Waals surface area contributed by atoms with Gasteiger partial charge >= 0.3 is 12.1 Å². The van der Waals surface area contributed by atoms with Crippen molar-refractivity contribution in [1.82, 2.24) is 10.6 Å². The number of alkyl halides is 3. The molecule has 122 valence electrons. The third-order valence-corrected chi connectivity index (χ3v) is 3.32. The molecule has 0 radical (unpaired) electrons. The maximum atomic E-state index is 11.9. The van der Waals surface area contributed by atoms with Crippen LogP contribution in [0.2, 0.25) is 0 Å². The Morgan fingerprint density at radius 1 is 1.19 bits per heavy atom. The Labute approximate surface area is 121 Å². The van der Waals surface area contributed by atoms with Crippen LogP contribution in [0, 0.1) is 5.92 Å². The summed E-state index contributed by atoms with van der Waals surface area (Å²) in [6.45, 7) is 0.547. The van der Waals surface area contributed by atoms with Crippen LogP contribution in [0.3, 0.4) is 0 Å². The molecule has 0 aromatic carbocycles. The van der Waals surface area contributed by atoms with Gasteiger partial charge in [-0.15, -0.1) is 0 Å². The third-order valence-electron chi connectivity index (χ3n) is 3.32. The average Bonchev–Trinajstić information content (AvgIpc) is 2.38. The zero-order chi connectivity index (χ0) is 15.9. The standard InChI is InChI=1S/C13H21F3N2O3/c1-2-21-12(20)9-3-5-10(6-4-9)18-11(19)7-17-8-13(14,15)16/h9-10,17H,2-8H2,1H3,(H,18,19). The molecule has 1 rings (SSSR count). The van der Waals surface area contributed by atoms with E-state index in [0.29, 0.717) is 32.3 Å². The molecule has 1 fully saturated rings. The SMILES string of the molecule is CCOC(=O)C1CCC(NC(=O)CNCC(F)(F)F)CC1. The normalized spacial score (nSPS) is 22.7. The van der Waals surface area contributed by atoms with E-state index < -0.39 is 18.6 Å². The molecule has 5 nitrogen and oxygen atoms in total. The van der Waals surface area contributed by atoms with E-state index in [4.69, 9.17) is 4.74 Å². The van der Waals surface area contributed by atoms with Crippen LogP contribution in [-0.2, 0) is 14.3 Å². The van der Waals surface area contributed by atoms with Gasteiger partial charge in [0.2, 0.25) is 5.91 Å². The molecule has 0 unspecified atom stereocenters. The van der Waals surface area contributed by atoms with E-state index in [-0.39, 0.29) is 24.5 Å². The maximum absolute atomic E-state index is 11.9. The Hall–Kier alpha value is -1.31. The van der Waals surface area contributed by atoms with Crippen LogP contribution < -0.4 is 10.6 Å². The van der Waals surface area contributed by atoms with Crippen molar-refractivity contribution in [1.29, 1.82) is 0 Å². The molecule has 1 aliphatic rings. The first-order chi connectivity index (χ1) is 9.81. The minimum atomic E-state index is -4.32. The van der Waals surface area contributed by atoms with Crippen molar-refractivity contribution in [3.63, 3.8) is 0 Å². The summed E-state index contributed by atoms with van der Waals surface area (Å²) in [5, 5.41) is 4.72. The first-order valence-corrected chi connectivity index (χ1v) is 7.05. The molecule has 1 aliphatic carbocycles. The van der Waals surface area contributed by atoms with Gasteiger partial charge in [-0.05, 0) is 32.6 Å². The van der Waals surface area contributed by atoms with E-state index in [1.165, 1.54) is 0 Å². The summed E-state index contributed by atoms with van der Waals surface area (Å²) in [5.41, 5.74) is 0. The quantitative estimate of drug-likeness (QED) is 0.727. The summed E-state index contributed by atoms with van der Waals surface area (Å²) >= 11 is 0. The van der Waals surface area contributed by atoms with Crippen LogP contribution in [0.15, 0.2) is 0 Å². The molecule has 8 heteroatoms. The minimum Gasteiger partial charge on any atom is -0.466 e. The largest absolute Gasteiger partial charge is 0.466 e. The topological polar surface area (TPSA) is 67.4 Å². The second-order valence-corrected chi connectivity index (χ2v) is 5.09. The second kappa shape index (κ2) is 8.21. The number of carbonyl (C=O) groups is 2. The molecule has 0 aliphatic heterocycles. The zero-order valence-electron chi connectivity index (χ0n) is 12.0. The summed E-state index contributed by atoms with van der Waals surface area (Å²) in [7, 11) is 0. The van der Waals surface area contributed by atoms with E-state index in [0.717, 1.165) is 0 Å². The molecule has 0 spiro atoms. The highest BCUT2D eigenvalue weighted by atomic mass is 19.4. The van der Waals surface area contributed by atoms with Crippen LogP contribution in [-0.4, -0.2) is 43.8 Å². The van der Waals surface area contributed by atoms with Gasteiger partial charge in [-0.1, -0.05) is 0 Å². The van der Waals surface area contributed by atoms with Gasteiger partial charge in [0, 0.05) is 6.04 Å². The van der Waals surface area contributed by atoms with Crippen molar-refractivity contribution in [3.05, 3.63) is 0 Å². The lowest BCUT2D eigenvalue weighted by molar-refractivity contribution is -0.149. The summed E-state index contributed by atoms with van der Waals surface area (Å²) in [5.74, 6) is -0.811. The van der Waals surface area contributed by atoms with E-state index in [1.54, 1.807) is 6.92 Å². The van der Waals surface area contributed by atoms with Crippen LogP contribution in [0.1, 0.15) is 32.6 Å². The summed E-state index contributed by atoms with van der Waals surface area (Å²) in [6, 6.07) is -0.0872. The van der Waals surface area contributed by atoms with Gasteiger partial charge in [-0.2, -0.15) is 13.2 Å². The number of nitrogens with one attached hydrogen (secondary N) is 2. The zero-order valence-corrected chi connectivity index (χ0v) is 12.0. The van der Waals surface area contributed by atoms with Gasteiger partial charge in [-0.25, -0.2) is 0 Å². The first kappa shape index (κ1) is 17.7. The molecule has 1 amide bonds. The van der Waals surface area contributed by atoms with Crippen molar-refractivity contribution in [3.8, 4) is 0 Å². The van der Waals surface area contributed by atoms with E-state index in [2.05, 4.69) is 5.32 Å². The highest BCUT2D eigenvalue weighted by Gasteiger charge is 2.29. The lowest BCUT2D eigenvalue weighted by atomic mass is 9.86. The van der Waals surface area contributed by atoms with Gasteiger partial charge in [-0.3, -0.25) is 9.59 Å². The number of hydrogen-bond acceptors (Lipinski definition) is 4.